The van der Waals surface area contributed by atoms with Gasteiger partial charge in [0.05, 0.1) is 5.37 Å². The van der Waals surface area contributed by atoms with E-state index in [1.807, 2.05) is 51.1 Å². The maximum absolute atomic E-state index is 12.5. The lowest BCUT2D eigenvalue weighted by Crippen LogP contribution is -2.49. The molecular weight excluding hydrogens is 308 g/mol. The van der Waals surface area contributed by atoms with Gasteiger partial charge in [0.1, 0.15) is 6.04 Å². The summed E-state index contributed by atoms with van der Waals surface area (Å²) in [5.74, 6) is 0.510. The summed E-state index contributed by atoms with van der Waals surface area (Å²) in [5, 5.41) is 3.03. The Kier molecular flexibility index (Phi) is 6.28. The summed E-state index contributed by atoms with van der Waals surface area (Å²) in [5.41, 5.74) is 2.01. The van der Waals surface area contributed by atoms with E-state index < -0.39 is 6.04 Å². The highest BCUT2D eigenvalue weighted by Crippen LogP contribution is 2.31. The third-order valence-corrected chi connectivity index (χ3v) is 5.17. The number of carbonyl (C=O) groups excluding carboxylic acids is 2. The summed E-state index contributed by atoms with van der Waals surface area (Å²) >= 11 is 1.68. The van der Waals surface area contributed by atoms with Gasteiger partial charge < -0.3 is 10.2 Å². The van der Waals surface area contributed by atoms with Crippen LogP contribution in [0.5, 0.6) is 0 Å². The second-order valence-corrected chi connectivity index (χ2v) is 7.09. The quantitative estimate of drug-likeness (QED) is 0.844. The monoisotopic (exact) mass is 332 g/mol. The molecule has 0 spiro atoms. The van der Waals surface area contributed by atoms with Crippen LogP contribution in [-0.4, -0.2) is 33.9 Å². The Morgan fingerprint density at radius 1 is 1.30 bits per heavy atom. The zero-order chi connectivity index (χ0) is 16.8. The molecule has 2 atom stereocenters. The smallest absolute Gasteiger partial charge is 0.248 e. The summed E-state index contributed by atoms with van der Waals surface area (Å²) in [6.45, 7) is 6.33. The van der Waals surface area contributed by atoms with Crippen molar-refractivity contribution in [1.82, 2.24) is 10.2 Å². The zero-order valence-electron chi connectivity index (χ0n) is 13.9. The van der Waals surface area contributed by atoms with Crippen molar-refractivity contribution in [2.75, 3.05) is 5.75 Å². The summed E-state index contributed by atoms with van der Waals surface area (Å²) in [4.78, 5) is 26.7. The highest BCUT2D eigenvalue weighted by molar-refractivity contribution is 8.00. The minimum atomic E-state index is -0.392. The van der Waals surface area contributed by atoms with Gasteiger partial charge >= 0.3 is 0 Å². The Hall–Kier alpha value is -1.75. The predicted octanol–water partition coefficient (Wildman–Crippen LogP) is 2.95. The van der Waals surface area contributed by atoms with E-state index in [1.165, 1.54) is 0 Å². The van der Waals surface area contributed by atoms with Crippen LogP contribution in [0, 0.1) is 0 Å². The standard InChI is InChI=1S/C18H24N2O2S/c1-4-17-20(16(21)10-13(2)3)15(12-23-17)18(22)19-11-14-8-6-5-7-9-14/h5-10,15,17H,4,11-12H2,1-3H3,(H,19,22). The van der Waals surface area contributed by atoms with Crippen LogP contribution >= 0.6 is 11.8 Å². The molecule has 2 amide bonds. The summed E-state index contributed by atoms with van der Waals surface area (Å²) in [6.07, 6.45) is 2.46. The van der Waals surface area contributed by atoms with Crippen molar-refractivity contribution in [3.05, 3.63) is 47.5 Å². The highest BCUT2D eigenvalue weighted by atomic mass is 32.2. The Labute approximate surface area is 142 Å². The summed E-state index contributed by atoms with van der Waals surface area (Å²) in [7, 11) is 0. The molecule has 5 heteroatoms. The van der Waals surface area contributed by atoms with Crippen molar-refractivity contribution in [1.29, 1.82) is 0 Å². The Balaban J connectivity index is 2.05. The molecular formula is C18H24N2O2S. The average Bonchev–Trinajstić information content (AvgIpc) is 2.97. The number of amides is 2. The van der Waals surface area contributed by atoms with E-state index in [9.17, 15) is 9.59 Å². The summed E-state index contributed by atoms with van der Waals surface area (Å²) < 4.78 is 0. The first-order chi connectivity index (χ1) is 11.0. The summed E-state index contributed by atoms with van der Waals surface area (Å²) in [6, 6.07) is 9.41. The van der Waals surface area contributed by atoms with Crippen molar-refractivity contribution in [3.63, 3.8) is 0 Å². The first-order valence-electron chi connectivity index (χ1n) is 7.93. The fraction of sp³-hybridized carbons (Fsp3) is 0.444. The number of hydrogen-bond acceptors (Lipinski definition) is 3. The van der Waals surface area contributed by atoms with Crippen molar-refractivity contribution < 1.29 is 9.59 Å². The maximum Gasteiger partial charge on any atom is 0.248 e. The van der Waals surface area contributed by atoms with Crippen LogP contribution in [-0.2, 0) is 16.1 Å². The minimum Gasteiger partial charge on any atom is -0.350 e. The van der Waals surface area contributed by atoms with E-state index in [4.69, 9.17) is 0 Å². The van der Waals surface area contributed by atoms with Crippen molar-refractivity contribution in [2.45, 2.75) is 45.2 Å². The average molecular weight is 332 g/mol. The lowest BCUT2D eigenvalue weighted by atomic mass is 10.2. The van der Waals surface area contributed by atoms with Crippen LogP contribution in [0.25, 0.3) is 0 Å². The lowest BCUT2D eigenvalue weighted by molar-refractivity contribution is -0.136. The number of thioether (sulfide) groups is 1. The van der Waals surface area contributed by atoms with E-state index >= 15 is 0 Å². The number of nitrogens with one attached hydrogen (secondary N) is 1. The zero-order valence-corrected chi connectivity index (χ0v) is 14.7. The van der Waals surface area contributed by atoms with Crippen LogP contribution in [0.4, 0.5) is 0 Å². The molecule has 1 aromatic rings. The van der Waals surface area contributed by atoms with E-state index in [-0.39, 0.29) is 17.2 Å². The molecule has 0 bridgehead atoms. The molecule has 124 valence electrons. The minimum absolute atomic E-state index is 0.0679. The fourth-order valence-corrected chi connectivity index (χ4v) is 3.96. The van der Waals surface area contributed by atoms with Gasteiger partial charge in [-0.25, -0.2) is 0 Å². The number of allylic oxidation sites excluding steroid dienone is 1. The second kappa shape index (κ2) is 8.20. The normalized spacial score (nSPS) is 20.2. The predicted molar refractivity (Wildman–Crippen MR) is 94.9 cm³/mol. The topological polar surface area (TPSA) is 49.4 Å². The molecule has 0 radical (unpaired) electrons. The number of carbonyl (C=O) groups is 2. The molecule has 2 rings (SSSR count). The van der Waals surface area contributed by atoms with Gasteiger partial charge in [0.15, 0.2) is 0 Å². The van der Waals surface area contributed by atoms with Crippen molar-refractivity contribution in [2.24, 2.45) is 0 Å². The number of nitrogens with zero attached hydrogens (tertiary/aromatic N) is 1. The second-order valence-electron chi connectivity index (χ2n) is 5.88. The van der Waals surface area contributed by atoms with Crippen LogP contribution in [0.2, 0.25) is 0 Å². The maximum atomic E-state index is 12.5. The van der Waals surface area contributed by atoms with Gasteiger partial charge in [-0.3, -0.25) is 9.59 Å². The van der Waals surface area contributed by atoms with Gasteiger partial charge in [0.25, 0.3) is 0 Å². The van der Waals surface area contributed by atoms with E-state index in [1.54, 1.807) is 22.7 Å². The van der Waals surface area contributed by atoms with Crippen LogP contribution < -0.4 is 5.32 Å². The molecule has 1 saturated heterocycles. The largest absolute Gasteiger partial charge is 0.350 e. The first kappa shape index (κ1) is 17.6. The number of benzene rings is 1. The Morgan fingerprint density at radius 2 is 2.00 bits per heavy atom. The molecule has 1 N–H and O–H groups in total. The van der Waals surface area contributed by atoms with Crippen molar-refractivity contribution in [3.8, 4) is 0 Å². The van der Waals surface area contributed by atoms with Gasteiger partial charge in [-0.2, -0.15) is 0 Å². The Morgan fingerprint density at radius 3 is 2.61 bits per heavy atom. The van der Waals surface area contributed by atoms with Crippen molar-refractivity contribution >= 4 is 23.6 Å². The number of rotatable bonds is 5. The van der Waals surface area contributed by atoms with Gasteiger partial charge in [-0.1, -0.05) is 42.8 Å². The molecule has 1 fully saturated rings. The van der Waals surface area contributed by atoms with Crippen LogP contribution in [0.3, 0.4) is 0 Å². The van der Waals surface area contributed by atoms with Crippen LogP contribution in [0.15, 0.2) is 42.0 Å². The highest BCUT2D eigenvalue weighted by Gasteiger charge is 2.39. The fourth-order valence-electron chi connectivity index (χ4n) is 2.60. The molecule has 1 aromatic carbocycles. The first-order valence-corrected chi connectivity index (χ1v) is 8.98. The van der Waals surface area contributed by atoms with Gasteiger partial charge in [-0.15, -0.1) is 11.8 Å². The molecule has 23 heavy (non-hydrogen) atoms. The van der Waals surface area contributed by atoms with Gasteiger partial charge in [-0.05, 0) is 25.8 Å². The number of hydrogen-bond donors (Lipinski definition) is 1. The molecule has 1 aliphatic heterocycles. The van der Waals surface area contributed by atoms with Gasteiger partial charge in [0, 0.05) is 18.4 Å². The molecule has 0 saturated carbocycles. The lowest BCUT2D eigenvalue weighted by Gasteiger charge is -2.27. The molecule has 0 aromatic heterocycles. The third-order valence-electron chi connectivity index (χ3n) is 3.72. The van der Waals surface area contributed by atoms with Gasteiger partial charge in [0.2, 0.25) is 11.8 Å². The Bertz CT molecular complexity index is 582. The van der Waals surface area contributed by atoms with E-state index in [0.717, 1.165) is 17.6 Å². The van der Waals surface area contributed by atoms with E-state index in [0.29, 0.717) is 12.3 Å². The molecule has 1 heterocycles. The van der Waals surface area contributed by atoms with Crippen LogP contribution in [0.1, 0.15) is 32.8 Å². The molecule has 0 aliphatic carbocycles. The molecule has 2 unspecified atom stereocenters. The molecule has 4 nitrogen and oxygen atoms in total. The third kappa shape index (κ3) is 4.61. The van der Waals surface area contributed by atoms with E-state index in [2.05, 4.69) is 5.32 Å². The molecule has 1 aliphatic rings. The SMILES string of the molecule is CCC1SCC(C(=O)NCc2ccccc2)N1C(=O)C=C(C)C.